The van der Waals surface area contributed by atoms with Crippen molar-refractivity contribution >= 4 is 12.0 Å². The van der Waals surface area contributed by atoms with Gasteiger partial charge in [0, 0.05) is 25.0 Å². The Morgan fingerprint density at radius 2 is 2.19 bits per heavy atom. The molecule has 1 heterocycles. The molecule has 1 amide bonds. The topological polar surface area (TPSA) is 33.2 Å². The lowest BCUT2D eigenvalue weighted by atomic mass is 9.85. The summed E-state index contributed by atoms with van der Waals surface area (Å²) in [6.45, 7) is -1.02. The van der Waals surface area contributed by atoms with Crippen LogP contribution in [-0.2, 0) is 4.79 Å². The number of carbonyl (C=O) groups excluding carboxylic acids is 1. The van der Waals surface area contributed by atoms with Crippen molar-refractivity contribution in [2.45, 2.75) is 25.4 Å². The van der Waals surface area contributed by atoms with Crippen molar-refractivity contribution < 1.29 is 18.0 Å². The van der Waals surface area contributed by atoms with Crippen LogP contribution in [0.3, 0.4) is 0 Å². The molecule has 0 saturated heterocycles. The Hall–Kier alpha value is -1.85. The van der Waals surface area contributed by atoms with Crippen LogP contribution in [0.15, 0.2) is 30.6 Å². The molecule has 0 N–H and O–H groups in total. The number of aromatic nitrogens is 1. The van der Waals surface area contributed by atoms with Crippen LogP contribution >= 0.6 is 0 Å². The van der Waals surface area contributed by atoms with E-state index in [0.29, 0.717) is 5.56 Å². The number of carbonyl (C=O) groups is 1. The van der Waals surface area contributed by atoms with E-state index in [1.807, 2.05) is 0 Å². The molecule has 1 aromatic heterocycles. The third kappa shape index (κ3) is 5.21. The quantitative estimate of drug-likeness (QED) is 0.782. The van der Waals surface area contributed by atoms with Gasteiger partial charge in [-0.1, -0.05) is 12.5 Å². The molecule has 0 radical (unpaired) electrons. The number of hydrogen-bond acceptors (Lipinski definition) is 2. The van der Waals surface area contributed by atoms with Crippen molar-refractivity contribution in [2.24, 2.45) is 5.92 Å². The predicted octanol–water partition coefficient (Wildman–Crippen LogP) is 3.29. The molecule has 0 spiro atoms. The fourth-order valence-corrected chi connectivity index (χ4v) is 2.18. The highest BCUT2D eigenvalue weighted by Crippen LogP contribution is 2.28. The zero-order chi connectivity index (χ0) is 15.3. The molecule has 0 aliphatic heterocycles. The van der Waals surface area contributed by atoms with Crippen LogP contribution in [0.2, 0.25) is 0 Å². The average molecular weight is 298 g/mol. The number of amides is 1. The summed E-state index contributed by atoms with van der Waals surface area (Å²) >= 11 is 0. The van der Waals surface area contributed by atoms with E-state index >= 15 is 0 Å². The highest BCUT2D eigenvalue weighted by atomic mass is 19.4. The molecule has 0 unspecified atom stereocenters. The molecule has 1 saturated carbocycles. The molecule has 2 rings (SSSR count). The zero-order valence-electron chi connectivity index (χ0n) is 11.5. The first-order chi connectivity index (χ1) is 9.94. The Balaban J connectivity index is 2.00. The molecule has 1 aromatic rings. The minimum absolute atomic E-state index is 0.176. The highest BCUT2D eigenvalue weighted by molar-refractivity contribution is 5.91. The van der Waals surface area contributed by atoms with E-state index in [-0.39, 0.29) is 12.5 Å². The Morgan fingerprint density at radius 3 is 2.71 bits per heavy atom. The summed E-state index contributed by atoms with van der Waals surface area (Å²) in [7, 11) is 0. The van der Waals surface area contributed by atoms with E-state index in [1.165, 1.54) is 12.2 Å². The van der Waals surface area contributed by atoms with Crippen LogP contribution in [0.5, 0.6) is 0 Å². The van der Waals surface area contributed by atoms with Gasteiger partial charge in [0.25, 0.3) is 0 Å². The van der Waals surface area contributed by atoms with Crippen LogP contribution in [0.4, 0.5) is 13.2 Å². The summed E-state index contributed by atoms with van der Waals surface area (Å²) in [4.78, 5) is 16.8. The van der Waals surface area contributed by atoms with Gasteiger partial charge in [0.2, 0.25) is 5.91 Å². The number of halogens is 3. The van der Waals surface area contributed by atoms with E-state index in [2.05, 4.69) is 4.98 Å². The fraction of sp³-hybridized carbons (Fsp3) is 0.467. The molecule has 114 valence electrons. The molecule has 1 aliphatic carbocycles. The molecule has 1 fully saturated rings. The van der Waals surface area contributed by atoms with E-state index in [1.54, 1.807) is 24.5 Å². The number of nitrogens with zero attached hydrogens (tertiary/aromatic N) is 2. The standard InChI is InChI=1S/C15H17F3N2O/c16-15(17,18)11-20(10-13-3-1-4-13)14(21)7-6-12-5-2-8-19-9-12/h2,5-9,13H,1,3-4,10-11H2/b7-6+. The van der Waals surface area contributed by atoms with Gasteiger partial charge in [-0.2, -0.15) is 13.2 Å². The van der Waals surface area contributed by atoms with Crippen molar-refractivity contribution in [3.05, 3.63) is 36.2 Å². The van der Waals surface area contributed by atoms with Gasteiger partial charge >= 0.3 is 6.18 Å². The minimum Gasteiger partial charge on any atom is -0.330 e. The molecule has 3 nitrogen and oxygen atoms in total. The SMILES string of the molecule is O=C(/C=C/c1cccnc1)N(CC1CCC1)CC(F)(F)F. The van der Waals surface area contributed by atoms with Crippen molar-refractivity contribution in [3.8, 4) is 0 Å². The van der Waals surface area contributed by atoms with E-state index in [4.69, 9.17) is 0 Å². The Kier molecular flexibility index (Phi) is 4.98. The largest absolute Gasteiger partial charge is 0.406 e. The van der Waals surface area contributed by atoms with Crippen molar-refractivity contribution in [3.63, 3.8) is 0 Å². The maximum absolute atomic E-state index is 12.6. The molecule has 0 atom stereocenters. The molecule has 21 heavy (non-hydrogen) atoms. The van der Waals surface area contributed by atoms with Crippen LogP contribution in [-0.4, -0.2) is 35.1 Å². The zero-order valence-corrected chi connectivity index (χ0v) is 11.5. The lowest BCUT2D eigenvalue weighted by Gasteiger charge is -2.32. The number of hydrogen-bond donors (Lipinski definition) is 0. The van der Waals surface area contributed by atoms with Crippen LogP contribution in [0.25, 0.3) is 6.08 Å². The Labute approximate surface area is 121 Å². The molecular formula is C15H17F3N2O. The predicted molar refractivity (Wildman–Crippen MR) is 73.2 cm³/mol. The Morgan fingerprint density at radius 1 is 1.43 bits per heavy atom. The highest BCUT2D eigenvalue weighted by Gasteiger charge is 2.34. The van der Waals surface area contributed by atoms with E-state index < -0.39 is 18.6 Å². The van der Waals surface area contributed by atoms with Crippen LogP contribution < -0.4 is 0 Å². The summed E-state index contributed by atoms with van der Waals surface area (Å²) in [5, 5.41) is 0. The van der Waals surface area contributed by atoms with Gasteiger partial charge in [-0.15, -0.1) is 0 Å². The van der Waals surface area contributed by atoms with Gasteiger partial charge in [-0.25, -0.2) is 0 Å². The fourth-order valence-electron chi connectivity index (χ4n) is 2.18. The van der Waals surface area contributed by atoms with E-state index in [0.717, 1.165) is 24.2 Å². The normalized spacial score (nSPS) is 16.0. The minimum atomic E-state index is -4.37. The average Bonchev–Trinajstić information content (AvgIpc) is 2.38. The summed E-state index contributed by atoms with van der Waals surface area (Å²) < 4.78 is 37.7. The monoisotopic (exact) mass is 298 g/mol. The molecule has 1 aliphatic rings. The van der Waals surface area contributed by atoms with Crippen molar-refractivity contribution in [1.29, 1.82) is 0 Å². The van der Waals surface area contributed by atoms with Crippen molar-refractivity contribution in [1.82, 2.24) is 9.88 Å². The van der Waals surface area contributed by atoms with Gasteiger partial charge in [-0.05, 0) is 36.5 Å². The third-order valence-electron chi connectivity index (χ3n) is 3.49. The second-order valence-electron chi connectivity index (χ2n) is 5.25. The van der Waals surface area contributed by atoms with Gasteiger partial charge in [0.15, 0.2) is 0 Å². The number of alkyl halides is 3. The first-order valence-electron chi connectivity index (χ1n) is 6.88. The Bertz CT molecular complexity index is 495. The van der Waals surface area contributed by atoms with Crippen LogP contribution in [0.1, 0.15) is 24.8 Å². The van der Waals surface area contributed by atoms with Gasteiger partial charge in [0.1, 0.15) is 6.54 Å². The number of pyridine rings is 1. The molecular weight excluding hydrogens is 281 g/mol. The lowest BCUT2D eigenvalue weighted by molar-refractivity contribution is -0.160. The summed E-state index contributed by atoms with van der Waals surface area (Å²) in [5.41, 5.74) is 0.682. The summed E-state index contributed by atoms with van der Waals surface area (Å²) in [6.07, 6.45) is 4.25. The summed E-state index contributed by atoms with van der Waals surface area (Å²) in [5.74, 6) is -0.411. The summed E-state index contributed by atoms with van der Waals surface area (Å²) in [6, 6.07) is 3.43. The van der Waals surface area contributed by atoms with Gasteiger partial charge in [0.05, 0.1) is 0 Å². The molecule has 0 aromatic carbocycles. The van der Waals surface area contributed by atoms with E-state index in [9.17, 15) is 18.0 Å². The molecule has 6 heteroatoms. The van der Waals surface area contributed by atoms with Gasteiger partial charge < -0.3 is 4.90 Å². The maximum atomic E-state index is 12.6. The molecule has 0 bridgehead atoms. The second-order valence-corrected chi connectivity index (χ2v) is 5.25. The maximum Gasteiger partial charge on any atom is 0.406 e. The third-order valence-corrected chi connectivity index (χ3v) is 3.49. The smallest absolute Gasteiger partial charge is 0.330 e. The first kappa shape index (κ1) is 15.5. The first-order valence-corrected chi connectivity index (χ1v) is 6.88. The van der Waals surface area contributed by atoms with Crippen LogP contribution in [0, 0.1) is 5.92 Å². The number of rotatable bonds is 5. The second kappa shape index (κ2) is 6.74. The van der Waals surface area contributed by atoms with Gasteiger partial charge in [-0.3, -0.25) is 9.78 Å². The lowest BCUT2D eigenvalue weighted by Crippen LogP contribution is -2.42. The van der Waals surface area contributed by atoms with Crippen molar-refractivity contribution in [2.75, 3.05) is 13.1 Å².